The molecule has 0 saturated heterocycles. The van der Waals surface area contributed by atoms with Gasteiger partial charge < -0.3 is 4.98 Å². The van der Waals surface area contributed by atoms with Crippen LogP contribution in [0.5, 0.6) is 0 Å². The van der Waals surface area contributed by atoms with Crippen LogP contribution in [0.4, 0.5) is 0 Å². The van der Waals surface area contributed by atoms with Gasteiger partial charge in [0, 0.05) is 12.4 Å². The fourth-order valence-corrected chi connectivity index (χ4v) is 1.06. The normalized spacial score (nSPS) is 10.1. The van der Waals surface area contributed by atoms with Gasteiger partial charge in [-0.15, -0.1) is 0 Å². The van der Waals surface area contributed by atoms with Crippen LogP contribution in [0.1, 0.15) is 5.69 Å². The van der Waals surface area contributed by atoms with Crippen molar-refractivity contribution in [2.45, 2.75) is 6.92 Å². The zero-order valence-electron chi connectivity index (χ0n) is 6.65. The van der Waals surface area contributed by atoms with Gasteiger partial charge in [-0.2, -0.15) is 0 Å². The summed E-state index contributed by atoms with van der Waals surface area (Å²) in [7, 11) is 0. The van der Waals surface area contributed by atoms with Gasteiger partial charge in [-0.25, -0.2) is 4.98 Å². The Labute approximate surface area is 69.7 Å². The second kappa shape index (κ2) is 2.73. The number of aryl methyl sites for hydroxylation is 1. The maximum atomic E-state index is 4.19. The van der Waals surface area contributed by atoms with Gasteiger partial charge in [0.25, 0.3) is 0 Å². The largest absolute Gasteiger partial charge is 0.343 e. The summed E-state index contributed by atoms with van der Waals surface area (Å²) in [6.45, 7) is 1.92. The molecule has 0 aliphatic heterocycles. The van der Waals surface area contributed by atoms with Crippen LogP contribution in [0.25, 0.3) is 11.4 Å². The number of H-pyrrole nitrogens is 1. The van der Waals surface area contributed by atoms with Crippen LogP contribution in [0.2, 0.25) is 0 Å². The van der Waals surface area contributed by atoms with E-state index in [1.165, 1.54) is 0 Å². The molecule has 0 aliphatic rings. The van der Waals surface area contributed by atoms with Gasteiger partial charge >= 0.3 is 0 Å². The molecule has 0 atom stereocenters. The van der Waals surface area contributed by atoms with E-state index in [4.69, 9.17) is 0 Å². The lowest BCUT2D eigenvalue weighted by molar-refractivity contribution is 1.11. The Morgan fingerprint density at radius 3 is 2.75 bits per heavy atom. The van der Waals surface area contributed by atoms with Gasteiger partial charge in [-0.3, -0.25) is 9.97 Å². The van der Waals surface area contributed by atoms with Crippen LogP contribution < -0.4 is 0 Å². The van der Waals surface area contributed by atoms with Crippen molar-refractivity contribution < 1.29 is 0 Å². The van der Waals surface area contributed by atoms with E-state index >= 15 is 0 Å². The summed E-state index contributed by atoms with van der Waals surface area (Å²) in [4.78, 5) is 15.2. The molecule has 0 aromatic carbocycles. The minimum atomic E-state index is 0.856. The van der Waals surface area contributed by atoms with Crippen molar-refractivity contribution in [2.24, 2.45) is 0 Å². The Kier molecular flexibility index (Phi) is 1.59. The third-order valence-electron chi connectivity index (χ3n) is 1.63. The maximum absolute atomic E-state index is 4.19. The van der Waals surface area contributed by atoms with E-state index in [1.807, 2.05) is 6.92 Å². The van der Waals surface area contributed by atoms with Gasteiger partial charge in [0.15, 0.2) is 0 Å². The van der Waals surface area contributed by atoms with Crippen LogP contribution in [0.3, 0.4) is 0 Å². The molecule has 2 aromatic heterocycles. The molecule has 0 spiro atoms. The lowest BCUT2D eigenvalue weighted by Gasteiger charge is -1.98. The highest BCUT2D eigenvalue weighted by atomic mass is 14.9. The molecule has 1 N–H and O–H groups in total. The number of nitrogens with zero attached hydrogens (tertiary/aromatic N) is 3. The molecule has 4 heteroatoms. The second-order valence-corrected chi connectivity index (χ2v) is 2.46. The first-order valence-corrected chi connectivity index (χ1v) is 3.64. The molecule has 0 amide bonds. The Hall–Kier alpha value is -1.71. The molecule has 0 fully saturated rings. The summed E-state index contributed by atoms with van der Waals surface area (Å²) in [5.74, 6) is 0. The molecule has 2 rings (SSSR count). The van der Waals surface area contributed by atoms with Gasteiger partial charge in [0.05, 0.1) is 23.9 Å². The van der Waals surface area contributed by atoms with Crippen LogP contribution in [-0.4, -0.2) is 19.9 Å². The highest BCUT2D eigenvalue weighted by Gasteiger charge is 2.03. The zero-order valence-corrected chi connectivity index (χ0v) is 6.65. The number of imidazole rings is 1. The van der Waals surface area contributed by atoms with Crippen molar-refractivity contribution in [3.05, 3.63) is 30.6 Å². The second-order valence-electron chi connectivity index (χ2n) is 2.46. The summed E-state index contributed by atoms with van der Waals surface area (Å²) in [6, 6.07) is 0. The molecule has 2 heterocycles. The SMILES string of the molecule is Cc1nccnc1-c1cnc[nH]1. The summed E-state index contributed by atoms with van der Waals surface area (Å²) < 4.78 is 0. The summed E-state index contributed by atoms with van der Waals surface area (Å²) in [5, 5.41) is 0. The van der Waals surface area contributed by atoms with E-state index < -0.39 is 0 Å². The van der Waals surface area contributed by atoms with E-state index in [2.05, 4.69) is 19.9 Å². The quantitative estimate of drug-likeness (QED) is 0.681. The fourth-order valence-electron chi connectivity index (χ4n) is 1.06. The van der Waals surface area contributed by atoms with Gasteiger partial charge in [-0.05, 0) is 6.92 Å². The predicted molar refractivity (Wildman–Crippen MR) is 44.4 cm³/mol. The summed E-state index contributed by atoms with van der Waals surface area (Å²) >= 11 is 0. The number of aromatic amines is 1. The maximum Gasteiger partial charge on any atom is 0.109 e. The molecule has 0 bridgehead atoms. The third kappa shape index (κ3) is 1.07. The first-order valence-electron chi connectivity index (χ1n) is 3.64. The molecule has 0 radical (unpaired) electrons. The summed E-state index contributed by atoms with van der Waals surface area (Å²) in [5.41, 5.74) is 2.66. The minimum absolute atomic E-state index is 0.856. The Bertz CT molecular complexity index is 366. The Morgan fingerprint density at radius 2 is 2.08 bits per heavy atom. The standard InChI is InChI=1S/C8H8N4/c1-6-8(11-3-2-10-6)7-4-9-5-12-7/h2-5H,1H3,(H,9,12). The molecular weight excluding hydrogens is 152 g/mol. The Morgan fingerprint density at radius 1 is 1.25 bits per heavy atom. The average molecular weight is 160 g/mol. The highest BCUT2D eigenvalue weighted by Crippen LogP contribution is 2.14. The van der Waals surface area contributed by atoms with Crippen molar-refractivity contribution in [3.8, 4) is 11.4 Å². The fraction of sp³-hybridized carbons (Fsp3) is 0.125. The molecule has 4 nitrogen and oxygen atoms in total. The van der Waals surface area contributed by atoms with E-state index in [-0.39, 0.29) is 0 Å². The van der Waals surface area contributed by atoms with E-state index in [9.17, 15) is 0 Å². The lowest BCUT2D eigenvalue weighted by atomic mass is 10.2. The van der Waals surface area contributed by atoms with Gasteiger partial charge in [0.1, 0.15) is 5.69 Å². The number of nitrogens with one attached hydrogen (secondary N) is 1. The smallest absolute Gasteiger partial charge is 0.109 e. The van der Waals surface area contributed by atoms with Crippen molar-refractivity contribution in [2.75, 3.05) is 0 Å². The van der Waals surface area contributed by atoms with Crippen LogP contribution in [-0.2, 0) is 0 Å². The first kappa shape index (κ1) is 6.97. The highest BCUT2D eigenvalue weighted by molar-refractivity contribution is 5.54. The molecule has 2 aromatic rings. The lowest BCUT2D eigenvalue weighted by Crippen LogP contribution is -1.90. The Balaban J connectivity index is 2.55. The van der Waals surface area contributed by atoms with Crippen molar-refractivity contribution in [1.82, 2.24) is 19.9 Å². The van der Waals surface area contributed by atoms with Gasteiger partial charge in [-0.1, -0.05) is 0 Å². The molecule has 12 heavy (non-hydrogen) atoms. The van der Waals surface area contributed by atoms with E-state index in [0.717, 1.165) is 17.1 Å². The minimum Gasteiger partial charge on any atom is -0.343 e. The molecule has 0 aliphatic carbocycles. The van der Waals surface area contributed by atoms with Crippen molar-refractivity contribution >= 4 is 0 Å². The number of hydrogen-bond acceptors (Lipinski definition) is 3. The molecule has 0 unspecified atom stereocenters. The van der Waals surface area contributed by atoms with Crippen molar-refractivity contribution in [3.63, 3.8) is 0 Å². The molecule has 0 saturated carbocycles. The monoisotopic (exact) mass is 160 g/mol. The average Bonchev–Trinajstić information content (AvgIpc) is 2.57. The van der Waals surface area contributed by atoms with Gasteiger partial charge in [0.2, 0.25) is 0 Å². The van der Waals surface area contributed by atoms with Crippen molar-refractivity contribution in [1.29, 1.82) is 0 Å². The summed E-state index contributed by atoms with van der Waals surface area (Å²) in [6.07, 6.45) is 6.71. The third-order valence-corrected chi connectivity index (χ3v) is 1.63. The van der Waals surface area contributed by atoms with E-state index in [0.29, 0.717) is 0 Å². The number of rotatable bonds is 1. The number of hydrogen-bond donors (Lipinski definition) is 1. The topological polar surface area (TPSA) is 54.5 Å². The zero-order chi connectivity index (χ0) is 8.39. The predicted octanol–water partition coefficient (Wildman–Crippen LogP) is 1.18. The first-order chi connectivity index (χ1) is 5.88. The molecular formula is C8H8N4. The molecule has 60 valence electrons. The van der Waals surface area contributed by atoms with Crippen LogP contribution >= 0.6 is 0 Å². The van der Waals surface area contributed by atoms with Crippen LogP contribution in [0, 0.1) is 6.92 Å². The van der Waals surface area contributed by atoms with Crippen LogP contribution in [0.15, 0.2) is 24.9 Å². The van der Waals surface area contributed by atoms with E-state index in [1.54, 1.807) is 24.9 Å². The number of aromatic nitrogens is 4.